The van der Waals surface area contributed by atoms with Gasteiger partial charge in [-0.25, -0.2) is 24.9 Å². The average molecular weight is 448 g/mol. The standard InChI is InChI=1S/C22H20N6O5/c1-12-10-13(2)28(26-12)19-11-18(23-20(25-19)17-9-4-14(3)32-17)24-22(30)33-16-7-5-15(6-8-16)21(29)27-31/h4-11,31H,1-3H3,(H,27,29)(H,23,24,25,30). The lowest BCUT2D eigenvalue weighted by Gasteiger charge is -2.10. The summed E-state index contributed by atoms with van der Waals surface area (Å²) in [5.41, 5.74) is 3.40. The Morgan fingerprint density at radius 1 is 1.03 bits per heavy atom. The number of furan rings is 1. The van der Waals surface area contributed by atoms with Crippen molar-refractivity contribution in [1.82, 2.24) is 25.2 Å². The lowest BCUT2D eigenvalue weighted by molar-refractivity contribution is 0.0706. The van der Waals surface area contributed by atoms with Crippen LogP contribution in [0.1, 0.15) is 27.5 Å². The maximum atomic E-state index is 12.5. The maximum Gasteiger partial charge on any atom is 0.418 e. The Balaban J connectivity index is 1.61. The maximum absolute atomic E-state index is 12.5. The Morgan fingerprint density at radius 2 is 1.79 bits per heavy atom. The van der Waals surface area contributed by atoms with E-state index in [-0.39, 0.29) is 23.0 Å². The molecule has 0 aliphatic rings. The fourth-order valence-corrected chi connectivity index (χ4v) is 3.11. The predicted molar refractivity (Wildman–Crippen MR) is 116 cm³/mol. The lowest BCUT2D eigenvalue weighted by atomic mass is 10.2. The molecule has 33 heavy (non-hydrogen) atoms. The van der Waals surface area contributed by atoms with Crippen LogP contribution in [0, 0.1) is 20.8 Å². The van der Waals surface area contributed by atoms with E-state index in [2.05, 4.69) is 20.4 Å². The van der Waals surface area contributed by atoms with Crippen LogP contribution in [0.25, 0.3) is 17.4 Å². The van der Waals surface area contributed by atoms with Crippen LogP contribution in [0.3, 0.4) is 0 Å². The number of carbonyl (C=O) groups is 2. The molecule has 11 nitrogen and oxygen atoms in total. The van der Waals surface area contributed by atoms with Gasteiger partial charge in [0.2, 0.25) is 0 Å². The zero-order valence-electron chi connectivity index (χ0n) is 18.0. The van der Waals surface area contributed by atoms with E-state index in [1.807, 2.05) is 19.9 Å². The zero-order chi connectivity index (χ0) is 23.5. The summed E-state index contributed by atoms with van der Waals surface area (Å²) in [5, 5.41) is 15.7. The second-order valence-electron chi connectivity index (χ2n) is 7.16. The summed E-state index contributed by atoms with van der Waals surface area (Å²) in [6, 6.07) is 12.6. The molecule has 3 N–H and O–H groups in total. The summed E-state index contributed by atoms with van der Waals surface area (Å²) in [6.45, 7) is 5.56. The van der Waals surface area contributed by atoms with Crippen LogP contribution < -0.4 is 15.5 Å². The van der Waals surface area contributed by atoms with Crippen LogP contribution >= 0.6 is 0 Å². The number of aryl methyl sites for hydroxylation is 3. The van der Waals surface area contributed by atoms with Gasteiger partial charge >= 0.3 is 6.09 Å². The summed E-state index contributed by atoms with van der Waals surface area (Å²) in [7, 11) is 0. The Bertz CT molecular complexity index is 1330. The molecule has 4 rings (SSSR count). The minimum absolute atomic E-state index is 0.179. The van der Waals surface area contributed by atoms with E-state index in [0.29, 0.717) is 17.3 Å². The molecular weight excluding hydrogens is 428 g/mol. The van der Waals surface area contributed by atoms with Crippen molar-refractivity contribution in [3.8, 4) is 23.2 Å². The fourth-order valence-electron chi connectivity index (χ4n) is 3.11. The van der Waals surface area contributed by atoms with Gasteiger partial charge in [-0.15, -0.1) is 0 Å². The first-order valence-corrected chi connectivity index (χ1v) is 9.85. The molecule has 4 aromatic rings. The first kappa shape index (κ1) is 21.7. The van der Waals surface area contributed by atoms with Gasteiger partial charge in [0.1, 0.15) is 17.3 Å². The molecule has 168 valence electrons. The number of hydroxylamine groups is 1. The number of nitrogens with one attached hydrogen (secondary N) is 2. The van der Waals surface area contributed by atoms with Gasteiger partial charge in [0.25, 0.3) is 5.91 Å². The minimum Gasteiger partial charge on any atom is -0.458 e. The van der Waals surface area contributed by atoms with Crippen LogP contribution in [0.15, 0.2) is 52.9 Å². The number of hydrogen-bond acceptors (Lipinski definition) is 8. The van der Waals surface area contributed by atoms with Crippen molar-refractivity contribution in [2.45, 2.75) is 20.8 Å². The summed E-state index contributed by atoms with van der Waals surface area (Å²) in [5.74, 6) is 1.53. The molecule has 0 radical (unpaired) electrons. The van der Waals surface area contributed by atoms with Crippen molar-refractivity contribution in [3.05, 3.63) is 71.2 Å². The van der Waals surface area contributed by atoms with Crippen molar-refractivity contribution in [2.24, 2.45) is 0 Å². The second-order valence-corrected chi connectivity index (χ2v) is 7.16. The number of hydrogen-bond donors (Lipinski definition) is 3. The van der Waals surface area contributed by atoms with Crippen LogP contribution in [-0.4, -0.2) is 37.0 Å². The molecule has 0 saturated carbocycles. The molecule has 3 heterocycles. The molecule has 1 aromatic carbocycles. The summed E-state index contributed by atoms with van der Waals surface area (Å²) >= 11 is 0. The Morgan fingerprint density at radius 3 is 2.39 bits per heavy atom. The van der Waals surface area contributed by atoms with Crippen LogP contribution in [0.2, 0.25) is 0 Å². The highest BCUT2D eigenvalue weighted by Gasteiger charge is 2.16. The van der Waals surface area contributed by atoms with E-state index >= 15 is 0 Å². The van der Waals surface area contributed by atoms with E-state index in [4.69, 9.17) is 14.4 Å². The topological polar surface area (TPSA) is 144 Å². The third-order valence-corrected chi connectivity index (χ3v) is 4.56. The van der Waals surface area contributed by atoms with Gasteiger partial charge in [0, 0.05) is 17.3 Å². The van der Waals surface area contributed by atoms with Crippen LogP contribution in [-0.2, 0) is 0 Å². The van der Waals surface area contributed by atoms with Gasteiger partial charge in [-0.2, -0.15) is 5.10 Å². The predicted octanol–water partition coefficient (Wildman–Crippen LogP) is 3.58. The van der Waals surface area contributed by atoms with E-state index < -0.39 is 12.0 Å². The van der Waals surface area contributed by atoms with Gasteiger partial charge in [-0.05, 0) is 63.2 Å². The van der Waals surface area contributed by atoms with E-state index in [1.54, 1.807) is 29.8 Å². The number of amides is 2. The van der Waals surface area contributed by atoms with Gasteiger partial charge in [0.15, 0.2) is 17.4 Å². The molecule has 0 spiro atoms. The molecule has 0 atom stereocenters. The number of rotatable bonds is 5. The molecule has 0 aliphatic carbocycles. The monoisotopic (exact) mass is 448 g/mol. The highest BCUT2D eigenvalue weighted by atomic mass is 16.6. The van der Waals surface area contributed by atoms with Gasteiger partial charge in [-0.1, -0.05) is 0 Å². The first-order chi connectivity index (χ1) is 15.8. The molecule has 0 unspecified atom stereocenters. The first-order valence-electron chi connectivity index (χ1n) is 9.85. The highest BCUT2D eigenvalue weighted by molar-refractivity contribution is 5.93. The van der Waals surface area contributed by atoms with Crippen LogP contribution in [0.4, 0.5) is 10.6 Å². The molecule has 0 fully saturated rings. The number of benzene rings is 1. The number of ether oxygens (including phenoxy) is 1. The van der Waals surface area contributed by atoms with Gasteiger partial charge in [-0.3, -0.25) is 15.3 Å². The number of anilines is 1. The normalized spacial score (nSPS) is 10.7. The largest absolute Gasteiger partial charge is 0.458 e. The molecule has 0 saturated heterocycles. The quantitative estimate of drug-likeness (QED) is 0.310. The van der Waals surface area contributed by atoms with Crippen molar-refractivity contribution < 1.29 is 24.0 Å². The van der Waals surface area contributed by atoms with Gasteiger partial charge in [0.05, 0.1) is 5.69 Å². The molecule has 0 bridgehead atoms. The van der Waals surface area contributed by atoms with Crippen molar-refractivity contribution >= 4 is 17.8 Å². The average Bonchev–Trinajstić information content (AvgIpc) is 3.37. The third-order valence-electron chi connectivity index (χ3n) is 4.56. The fraction of sp³-hybridized carbons (Fsp3) is 0.136. The van der Waals surface area contributed by atoms with Crippen molar-refractivity contribution in [2.75, 3.05) is 5.32 Å². The second kappa shape index (κ2) is 8.93. The van der Waals surface area contributed by atoms with E-state index in [0.717, 1.165) is 11.4 Å². The highest BCUT2D eigenvalue weighted by Crippen LogP contribution is 2.23. The lowest BCUT2D eigenvalue weighted by Crippen LogP contribution is -2.19. The number of carbonyl (C=O) groups excluding carboxylic acids is 2. The van der Waals surface area contributed by atoms with Gasteiger partial charge < -0.3 is 9.15 Å². The molecule has 11 heteroatoms. The molecule has 3 aromatic heterocycles. The van der Waals surface area contributed by atoms with Crippen molar-refractivity contribution in [3.63, 3.8) is 0 Å². The minimum atomic E-state index is -0.797. The number of aromatic nitrogens is 4. The van der Waals surface area contributed by atoms with Crippen LogP contribution in [0.5, 0.6) is 5.75 Å². The molecular formula is C22H20N6O5. The Hall–Kier alpha value is -4.51. The number of nitrogens with zero attached hydrogens (tertiary/aromatic N) is 4. The summed E-state index contributed by atoms with van der Waals surface area (Å²) < 4.78 is 12.5. The van der Waals surface area contributed by atoms with E-state index in [9.17, 15) is 9.59 Å². The Kier molecular flexibility index (Phi) is 5.87. The molecule has 0 aliphatic heterocycles. The SMILES string of the molecule is Cc1cc(C)n(-c2cc(NC(=O)Oc3ccc(C(=O)NO)cc3)nc(-c3ccc(C)o3)n2)n1. The Labute approximate surface area is 188 Å². The smallest absolute Gasteiger partial charge is 0.418 e. The third kappa shape index (κ3) is 4.88. The van der Waals surface area contributed by atoms with E-state index in [1.165, 1.54) is 29.7 Å². The van der Waals surface area contributed by atoms with Crippen molar-refractivity contribution in [1.29, 1.82) is 0 Å². The molecule has 2 amide bonds. The zero-order valence-corrected chi connectivity index (χ0v) is 18.0. The summed E-state index contributed by atoms with van der Waals surface area (Å²) in [6.07, 6.45) is -0.797. The summed E-state index contributed by atoms with van der Waals surface area (Å²) in [4.78, 5) is 32.8.